The quantitative estimate of drug-likeness (QED) is 0.720. The van der Waals surface area contributed by atoms with Crippen molar-refractivity contribution in [2.45, 2.75) is 25.7 Å². The molecule has 4 heteroatoms. The molecule has 0 aromatic carbocycles. The Morgan fingerprint density at radius 3 is 2.00 bits per heavy atom. The van der Waals surface area contributed by atoms with Gasteiger partial charge < -0.3 is 15.1 Å². The van der Waals surface area contributed by atoms with Gasteiger partial charge in [0.1, 0.15) is 0 Å². The highest BCUT2D eigenvalue weighted by Crippen LogP contribution is 2.38. The number of piperazine rings is 1. The van der Waals surface area contributed by atoms with Gasteiger partial charge in [-0.05, 0) is 12.8 Å². The summed E-state index contributed by atoms with van der Waals surface area (Å²) in [5.74, 6) is 0. The van der Waals surface area contributed by atoms with Gasteiger partial charge in [0, 0.05) is 51.3 Å². The van der Waals surface area contributed by atoms with Crippen molar-refractivity contribution < 1.29 is 10.2 Å². The van der Waals surface area contributed by atoms with Crippen molar-refractivity contribution in [3.63, 3.8) is 0 Å². The van der Waals surface area contributed by atoms with E-state index in [0.29, 0.717) is 6.61 Å². The summed E-state index contributed by atoms with van der Waals surface area (Å²) in [6.45, 7) is 6.77. The molecule has 1 aliphatic heterocycles. The molecule has 0 atom stereocenters. The predicted octanol–water partition coefficient (Wildman–Crippen LogP) is 0.149. The Morgan fingerprint density at radius 2 is 1.47 bits per heavy atom. The lowest BCUT2D eigenvalue weighted by atomic mass is 9.86. The van der Waals surface area contributed by atoms with Crippen molar-refractivity contribution in [1.29, 1.82) is 0 Å². The average molecular weight is 242 g/mol. The molecule has 0 unspecified atom stereocenters. The summed E-state index contributed by atoms with van der Waals surface area (Å²) in [6.07, 6.45) is 4.96. The molecular formula is C13H26N2O2. The van der Waals surface area contributed by atoms with Gasteiger partial charge in [0.15, 0.2) is 0 Å². The molecule has 100 valence electrons. The zero-order chi connectivity index (χ0) is 12.1. The van der Waals surface area contributed by atoms with Crippen LogP contribution in [0.2, 0.25) is 0 Å². The maximum atomic E-state index is 9.61. The summed E-state index contributed by atoms with van der Waals surface area (Å²) >= 11 is 0. The van der Waals surface area contributed by atoms with Crippen LogP contribution in [0.5, 0.6) is 0 Å². The van der Waals surface area contributed by atoms with E-state index in [4.69, 9.17) is 5.11 Å². The van der Waals surface area contributed by atoms with Crippen LogP contribution in [0.15, 0.2) is 0 Å². The number of nitrogens with zero attached hydrogens (tertiary/aromatic N) is 2. The van der Waals surface area contributed by atoms with Gasteiger partial charge in [0.2, 0.25) is 0 Å². The van der Waals surface area contributed by atoms with Crippen LogP contribution < -0.4 is 0 Å². The van der Waals surface area contributed by atoms with Gasteiger partial charge in [-0.2, -0.15) is 0 Å². The molecule has 2 rings (SSSR count). The van der Waals surface area contributed by atoms with Gasteiger partial charge in [-0.15, -0.1) is 0 Å². The van der Waals surface area contributed by atoms with E-state index < -0.39 is 0 Å². The van der Waals surface area contributed by atoms with Gasteiger partial charge in [-0.1, -0.05) is 12.8 Å². The Labute approximate surface area is 104 Å². The molecule has 1 aliphatic carbocycles. The maximum absolute atomic E-state index is 9.61. The largest absolute Gasteiger partial charge is 0.396 e. The highest BCUT2D eigenvalue weighted by atomic mass is 16.3. The highest BCUT2D eigenvalue weighted by molar-refractivity contribution is 4.88. The van der Waals surface area contributed by atoms with Crippen LogP contribution in [0.25, 0.3) is 0 Å². The molecule has 1 saturated carbocycles. The summed E-state index contributed by atoms with van der Waals surface area (Å²) in [7, 11) is 0. The van der Waals surface area contributed by atoms with Crippen LogP contribution in [0, 0.1) is 5.41 Å². The molecule has 0 spiro atoms. The second kappa shape index (κ2) is 6.14. The number of aliphatic hydroxyl groups excluding tert-OH is 2. The van der Waals surface area contributed by atoms with E-state index in [1.54, 1.807) is 0 Å². The van der Waals surface area contributed by atoms with Crippen LogP contribution in [-0.2, 0) is 0 Å². The summed E-state index contributed by atoms with van der Waals surface area (Å²) in [5.41, 5.74) is 0.194. The normalized spacial score (nSPS) is 26.5. The number of hydrogen-bond acceptors (Lipinski definition) is 4. The minimum absolute atomic E-state index is 0.194. The summed E-state index contributed by atoms with van der Waals surface area (Å²) in [6, 6.07) is 0. The zero-order valence-electron chi connectivity index (χ0n) is 10.8. The number of hydrogen-bond donors (Lipinski definition) is 2. The number of rotatable bonds is 5. The van der Waals surface area contributed by atoms with Gasteiger partial charge >= 0.3 is 0 Å². The molecule has 1 heterocycles. The van der Waals surface area contributed by atoms with Crippen LogP contribution in [0.3, 0.4) is 0 Å². The standard InChI is InChI=1S/C13H26N2O2/c16-10-9-14-5-7-15(8-6-14)11-13(12-17)3-1-2-4-13/h16-17H,1-12H2. The van der Waals surface area contributed by atoms with E-state index >= 15 is 0 Å². The molecule has 2 aliphatic rings. The molecule has 0 aromatic heterocycles. The third-order valence-corrected chi connectivity index (χ3v) is 4.44. The summed E-state index contributed by atoms with van der Waals surface area (Å²) in [5, 5.41) is 18.5. The molecular weight excluding hydrogens is 216 g/mol. The second-order valence-electron chi connectivity index (χ2n) is 5.71. The van der Waals surface area contributed by atoms with Crippen LogP contribution in [0.4, 0.5) is 0 Å². The van der Waals surface area contributed by atoms with E-state index in [1.807, 2.05) is 0 Å². The Morgan fingerprint density at radius 1 is 0.882 bits per heavy atom. The highest BCUT2D eigenvalue weighted by Gasteiger charge is 2.35. The summed E-state index contributed by atoms with van der Waals surface area (Å²) in [4.78, 5) is 4.81. The Hall–Kier alpha value is -0.160. The lowest BCUT2D eigenvalue weighted by molar-refractivity contribution is 0.0457. The van der Waals surface area contributed by atoms with Crippen LogP contribution in [0.1, 0.15) is 25.7 Å². The SMILES string of the molecule is OCCN1CCN(CC2(CO)CCCC2)CC1. The Balaban J connectivity index is 1.77. The topological polar surface area (TPSA) is 46.9 Å². The fraction of sp³-hybridized carbons (Fsp3) is 1.00. The van der Waals surface area contributed by atoms with E-state index in [2.05, 4.69) is 9.80 Å². The van der Waals surface area contributed by atoms with Crippen molar-refractivity contribution in [3.8, 4) is 0 Å². The molecule has 2 N–H and O–H groups in total. The maximum Gasteiger partial charge on any atom is 0.0558 e. The van der Waals surface area contributed by atoms with Crippen molar-refractivity contribution >= 4 is 0 Å². The molecule has 0 bridgehead atoms. The molecule has 0 amide bonds. The smallest absolute Gasteiger partial charge is 0.0558 e. The third-order valence-electron chi connectivity index (χ3n) is 4.44. The van der Waals surface area contributed by atoms with E-state index in [1.165, 1.54) is 25.7 Å². The average Bonchev–Trinajstić information content (AvgIpc) is 2.81. The van der Waals surface area contributed by atoms with Gasteiger partial charge in [-0.3, -0.25) is 4.90 Å². The molecule has 17 heavy (non-hydrogen) atoms. The number of β-amino-alcohol motifs (C(OH)–C–C–N with tert-alkyl or cyclic N) is 1. The first-order valence-electron chi connectivity index (χ1n) is 6.94. The van der Waals surface area contributed by atoms with Crippen molar-refractivity contribution in [2.24, 2.45) is 5.41 Å². The van der Waals surface area contributed by atoms with Gasteiger partial charge in [0.05, 0.1) is 6.61 Å². The fourth-order valence-corrected chi connectivity index (χ4v) is 3.28. The minimum atomic E-state index is 0.194. The lowest BCUT2D eigenvalue weighted by Gasteiger charge is -2.39. The lowest BCUT2D eigenvalue weighted by Crippen LogP contribution is -2.50. The third kappa shape index (κ3) is 3.41. The predicted molar refractivity (Wildman–Crippen MR) is 68.0 cm³/mol. The molecule has 4 nitrogen and oxygen atoms in total. The van der Waals surface area contributed by atoms with Gasteiger partial charge in [0.25, 0.3) is 0 Å². The molecule has 2 fully saturated rings. The Kier molecular flexibility index (Phi) is 4.79. The van der Waals surface area contributed by atoms with Crippen LogP contribution >= 0.6 is 0 Å². The van der Waals surface area contributed by atoms with Crippen molar-refractivity contribution in [1.82, 2.24) is 9.80 Å². The van der Waals surface area contributed by atoms with Gasteiger partial charge in [-0.25, -0.2) is 0 Å². The molecule has 1 saturated heterocycles. The van der Waals surface area contributed by atoms with E-state index in [0.717, 1.165) is 39.3 Å². The monoisotopic (exact) mass is 242 g/mol. The summed E-state index contributed by atoms with van der Waals surface area (Å²) < 4.78 is 0. The molecule has 0 aromatic rings. The fourth-order valence-electron chi connectivity index (χ4n) is 3.28. The minimum Gasteiger partial charge on any atom is -0.396 e. The Bertz CT molecular complexity index is 221. The van der Waals surface area contributed by atoms with E-state index in [-0.39, 0.29) is 12.0 Å². The number of aliphatic hydroxyl groups is 2. The van der Waals surface area contributed by atoms with Crippen LogP contribution in [-0.4, -0.2) is 72.5 Å². The van der Waals surface area contributed by atoms with Crippen molar-refractivity contribution in [2.75, 3.05) is 52.5 Å². The first-order chi connectivity index (χ1) is 8.28. The zero-order valence-corrected chi connectivity index (χ0v) is 10.8. The van der Waals surface area contributed by atoms with E-state index in [9.17, 15) is 5.11 Å². The first-order valence-corrected chi connectivity index (χ1v) is 6.94. The van der Waals surface area contributed by atoms with Crippen molar-refractivity contribution in [3.05, 3.63) is 0 Å². The second-order valence-corrected chi connectivity index (χ2v) is 5.71. The molecule has 0 radical (unpaired) electrons. The first kappa shape index (κ1) is 13.3.